The second kappa shape index (κ2) is 5.92. The fraction of sp³-hybridized carbons (Fsp3) is 0.286. The number of nitrogens with zero attached hydrogens (tertiary/aromatic N) is 2. The van der Waals surface area contributed by atoms with Gasteiger partial charge < -0.3 is 9.84 Å². The van der Waals surface area contributed by atoms with Crippen molar-refractivity contribution < 1.29 is 18.6 Å². The van der Waals surface area contributed by atoms with E-state index >= 15 is 0 Å². The Hall–Kier alpha value is -2.08. The summed E-state index contributed by atoms with van der Waals surface area (Å²) in [7, 11) is 0. The van der Waals surface area contributed by atoms with E-state index < -0.39 is 11.6 Å². The smallest absolute Gasteiger partial charge is 0.169 e. The van der Waals surface area contributed by atoms with Gasteiger partial charge in [-0.15, -0.1) is 0 Å². The van der Waals surface area contributed by atoms with E-state index in [1.54, 1.807) is 0 Å². The van der Waals surface area contributed by atoms with E-state index in [9.17, 15) is 13.9 Å². The molecule has 6 heteroatoms. The zero-order chi connectivity index (χ0) is 14.7. The molecule has 106 valence electrons. The van der Waals surface area contributed by atoms with Gasteiger partial charge in [0, 0.05) is 12.0 Å². The molecule has 1 N–H and O–H groups in total. The van der Waals surface area contributed by atoms with E-state index in [1.807, 2.05) is 13.8 Å². The Balaban J connectivity index is 2.35. The summed E-state index contributed by atoms with van der Waals surface area (Å²) in [5.41, 5.74) is 0.229. The normalized spacial score (nSPS) is 10.9. The Labute approximate surface area is 115 Å². The third kappa shape index (κ3) is 3.08. The highest BCUT2D eigenvalue weighted by Gasteiger charge is 2.13. The van der Waals surface area contributed by atoms with Gasteiger partial charge >= 0.3 is 0 Å². The molecule has 0 saturated heterocycles. The third-order valence-corrected chi connectivity index (χ3v) is 2.63. The van der Waals surface area contributed by atoms with Crippen LogP contribution >= 0.6 is 0 Å². The molecule has 0 atom stereocenters. The van der Waals surface area contributed by atoms with Gasteiger partial charge in [0.05, 0.1) is 12.8 Å². The number of rotatable bonds is 4. The molecule has 0 spiro atoms. The molecule has 0 aliphatic rings. The molecule has 4 nitrogen and oxygen atoms in total. The predicted octanol–water partition coefficient (Wildman–Crippen LogP) is 3.16. The van der Waals surface area contributed by atoms with Gasteiger partial charge in [-0.2, -0.15) is 0 Å². The number of aliphatic hydroxyl groups excluding tert-OH is 1. The van der Waals surface area contributed by atoms with Gasteiger partial charge in [-0.3, -0.25) is 0 Å². The molecule has 20 heavy (non-hydrogen) atoms. The minimum absolute atomic E-state index is 0.0836. The summed E-state index contributed by atoms with van der Waals surface area (Å²) in [6.07, 6.45) is 1.35. The van der Waals surface area contributed by atoms with Gasteiger partial charge in [0.1, 0.15) is 17.3 Å². The van der Waals surface area contributed by atoms with Crippen molar-refractivity contribution in [2.45, 2.75) is 26.4 Å². The van der Waals surface area contributed by atoms with Crippen molar-refractivity contribution in [3.05, 3.63) is 47.5 Å². The largest absolute Gasteiger partial charge is 0.451 e. The number of aliphatic hydroxyl groups is 1. The van der Waals surface area contributed by atoms with Crippen LogP contribution in [0.2, 0.25) is 0 Å². The first-order chi connectivity index (χ1) is 9.51. The first-order valence-electron chi connectivity index (χ1n) is 6.11. The van der Waals surface area contributed by atoms with Crippen LogP contribution in [-0.2, 0) is 6.61 Å². The zero-order valence-corrected chi connectivity index (χ0v) is 11.1. The van der Waals surface area contributed by atoms with Crippen molar-refractivity contribution in [2.75, 3.05) is 0 Å². The Morgan fingerprint density at radius 1 is 1.25 bits per heavy atom. The van der Waals surface area contributed by atoms with Crippen LogP contribution in [0.15, 0.2) is 24.4 Å². The van der Waals surface area contributed by atoms with Gasteiger partial charge in [0.2, 0.25) is 0 Å². The molecule has 0 bridgehead atoms. The van der Waals surface area contributed by atoms with Crippen LogP contribution < -0.4 is 4.74 Å². The molecule has 0 radical (unpaired) electrons. The van der Waals surface area contributed by atoms with Crippen LogP contribution in [0.1, 0.15) is 31.3 Å². The number of benzene rings is 1. The summed E-state index contributed by atoms with van der Waals surface area (Å²) in [6.45, 7) is 3.43. The fourth-order valence-corrected chi connectivity index (χ4v) is 1.57. The van der Waals surface area contributed by atoms with Crippen LogP contribution in [0.25, 0.3) is 0 Å². The quantitative estimate of drug-likeness (QED) is 0.934. The van der Waals surface area contributed by atoms with Crippen molar-refractivity contribution in [2.24, 2.45) is 0 Å². The average Bonchev–Trinajstić information content (AvgIpc) is 2.43. The summed E-state index contributed by atoms with van der Waals surface area (Å²) < 4.78 is 31.8. The highest BCUT2D eigenvalue weighted by Crippen LogP contribution is 2.27. The lowest BCUT2D eigenvalue weighted by Crippen LogP contribution is -2.04. The highest BCUT2D eigenvalue weighted by molar-refractivity contribution is 5.33. The molecular weight excluding hydrogens is 266 g/mol. The van der Waals surface area contributed by atoms with Crippen LogP contribution in [0.5, 0.6) is 11.5 Å². The Morgan fingerprint density at radius 2 is 2.00 bits per heavy atom. The number of hydrogen-bond donors (Lipinski definition) is 1. The van der Waals surface area contributed by atoms with Crippen molar-refractivity contribution in [1.82, 2.24) is 9.97 Å². The maximum atomic E-state index is 13.5. The van der Waals surface area contributed by atoms with Gasteiger partial charge in [-0.25, -0.2) is 18.7 Å². The van der Waals surface area contributed by atoms with Gasteiger partial charge in [-0.1, -0.05) is 13.8 Å². The lowest BCUT2D eigenvalue weighted by atomic mass is 10.2. The number of hydrogen-bond acceptors (Lipinski definition) is 4. The lowest BCUT2D eigenvalue weighted by molar-refractivity contribution is 0.269. The fourth-order valence-electron chi connectivity index (χ4n) is 1.57. The molecular formula is C14H14F2N2O2. The molecule has 0 saturated carbocycles. The summed E-state index contributed by atoms with van der Waals surface area (Å²) in [4.78, 5) is 8.21. The average molecular weight is 280 g/mol. The molecule has 1 aromatic carbocycles. The van der Waals surface area contributed by atoms with E-state index in [4.69, 9.17) is 4.74 Å². The molecule has 1 heterocycles. The minimum Gasteiger partial charge on any atom is -0.451 e. The van der Waals surface area contributed by atoms with Crippen LogP contribution in [-0.4, -0.2) is 15.1 Å². The molecule has 0 aliphatic carbocycles. The first kappa shape index (κ1) is 14.3. The standard InChI is InChI=1S/C14H14F2N2O2/c1-8(2)14-17-6-13(11(7-19)18-14)20-12-5-9(15)3-4-10(12)16/h3-6,8,19H,7H2,1-2H3. The summed E-state index contributed by atoms with van der Waals surface area (Å²) in [6, 6.07) is 2.88. The van der Waals surface area contributed by atoms with Gasteiger partial charge in [-0.05, 0) is 12.1 Å². The maximum absolute atomic E-state index is 13.5. The number of aromatic nitrogens is 2. The van der Waals surface area contributed by atoms with Crippen molar-refractivity contribution in [1.29, 1.82) is 0 Å². The van der Waals surface area contributed by atoms with E-state index in [0.29, 0.717) is 5.82 Å². The first-order valence-corrected chi connectivity index (χ1v) is 6.11. The van der Waals surface area contributed by atoms with Crippen molar-refractivity contribution in [3.8, 4) is 11.5 Å². The highest BCUT2D eigenvalue weighted by atomic mass is 19.1. The maximum Gasteiger partial charge on any atom is 0.169 e. The molecule has 0 unspecified atom stereocenters. The van der Waals surface area contributed by atoms with E-state index in [1.165, 1.54) is 6.20 Å². The number of halogens is 2. The summed E-state index contributed by atoms with van der Waals surface area (Å²) in [5.74, 6) is -0.877. The molecule has 0 aliphatic heterocycles. The predicted molar refractivity (Wildman–Crippen MR) is 68.5 cm³/mol. The van der Waals surface area contributed by atoms with E-state index in [0.717, 1.165) is 18.2 Å². The summed E-state index contributed by atoms with van der Waals surface area (Å²) >= 11 is 0. The Bertz CT molecular complexity index is 618. The second-order valence-corrected chi connectivity index (χ2v) is 4.53. The topological polar surface area (TPSA) is 55.2 Å². The van der Waals surface area contributed by atoms with Crippen LogP contribution in [0.4, 0.5) is 8.78 Å². The van der Waals surface area contributed by atoms with E-state index in [-0.39, 0.29) is 29.7 Å². The molecule has 0 fully saturated rings. The molecule has 1 aromatic heterocycles. The molecule has 0 amide bonds. The van der Waals surface area contributed by atoms with Crippen molar-refractivity contribution >= 4 is 0 Å². The Morgan fingerprint density at radius 3 is 2.65 bits per heavy atom. The lowest BCUT2D eigenvalue weighted by Gasteiger charge is -2.11. The van der Waals surface area contributed by atoms with Gasteiger partial charge in [0.25, 0.3) is 0 Å². The SMILES string of the molecule is CC(C)c1ncc(Oc2cc(F)ccc2F)c(CO)n1. The van der Waals surface area contributed by atoms with Crippen molar-refractivity contribution in [3.63, 3.8) is 0 Å². The molecule has 2 aromatic rings. The van der Waals surface area contributed by atoms with Crippen LogP contribution in [0, 0.1) is 11.6 Å². The third-order valence-electron chi connectivity index (χ3n) is 2.63. The van der Waals surface area contributed by atoms with Gasteiger partial charge in [0.15, 0.2) is 17.3 Å². The van der Waals surface area contributed by atoms with Crippen LogP contribution in [0.3, 0.4) is 0 Å². The van der Waals surface area contributed by atoms with E-state index in [2.05, 4.69) is 9.97 Å². The molecule has 2 rings (SSSR count). The monoisotopic (exact) mass is 280 g/mol. The zero-order valence-electron chi connectivity index (χ0n) is 11.1. The second-order valence-electron chi connectivity index (χ2n) is 4.53. The Kier molecular flexibility index (Phi) is 4.24. The summed E-state index contributed by atoms with van der Waals surface area (Å²) in [5, 5.41) is 9.29. The number of ether oxygens (including phenoxy) is 1. The minimum atomic E-state index is -0.705.